The predicted octanol–water partition coefficient (Wildman–Crippen LogP) is 8.47. The number of hydrogen-bond acceptors (Lipinski definition) is 2. The molecule has 0 N–H and O–H groups in total. The molecule has 0 aliphatic carbocycles. The van der Waals surface area contributed by atoms with Gasteiger partial charge in [-0.25, -0.2) is 0 Å². The molecule has 0 heterocycles. The van der Waals surface area contributed by atoms with Crippen LogP contribution in [-0.4, -0.2) is 21.7 Å². The molecule has 0 saturated carbocycles. The maximum atomic E-state index is 12.5. The summed E-state index contributed by atoms with van der Waals surface area (Å²) in [6.45, 7) is 12.0. The summed E-state index contributed by atoms with van der Waals surface area (Å²) >= 11 is 0. The fourth-order valence-corrected chi connectivity index (χ4v) is 4.45. The van der Waals surface area contributed by atoms with Crippen LogP contribution >= 0.6 is 8.03 Å². The second-order valence-corrected chi connectivity index (χ2v) is 7.26. The molecule has 3 rings (SSSR count). The Morgan fingerprint density at radius 3 is 1.09 bits per heavy atom. The van der Waals surface area contributed by atoms with Gasteiger partial charge < -0.3 is 4.52 Å². The van der Waals surface area contributed by atoms with Crippen molar-refractivity contribution in [3.8, 4) is 0 Å². The van der Waals surface area contributed by atoms with E-state index < -0.39 is 13.4 Å². The van der Waals surface area contributed by atoms with E-state index in [2.05, 4.69) is 36.4 Å². The molecule has 0 amide bonds. The van der Waals surface area contributed by atoms with Gasteiger partial charge in [0.1, 0.15) is 0 Å². The topological polar surface area (TPSA) is 26.3 Å². The first-order valence-corrected chi connectivity index (χ1v) is 12.5. The van der Waals surface area contributed by atoms with Gasteiger partial charge in [-0.3, -0.25) is 4.57 Å². The maximum Gasteiger partial charge on any atom is 0.192 e. The summed E-state index contributed by atoms with van der Waals surface area (Å²) in [6.07, 6.45) is 0.437. The molecule has 0 spiro atoms. The Morgan fingerprint density at radius 2 is 0.879 bits per heavy atom. The Kier molecular flexibility index (Phi) is 28.7. The van der Waals surface area contributed by atoms with E-state index in [4.69, 9.17) is 4.52 Å². The molecule has 1 atom stereocenters. The molecule has 2 nitrogen and oxygen atoms in total. The summed E-state index contributed by atoms with van der Waals surface area (Å²) in [6, 6.07) is 30.8. The molecule has 178 valence electrons. The van der Waals surface area contributed by atoms with Gasteiger partial charge >= 0.3 is 0 Å². The van der Waals surface area contributed by atoms with Gasteiger partial charge in [-0.05, 0) is 16.7 Å². The van der Waals surface area contributed by atoms with E-state index in [1.807, 2.05) is 96.1 Å². The fourth-order valence-electron chi connectivity index (χ4n) is 3.26. The monoisotopic (exact) mass is 542 g/mol. The molecule has 33 heavy (non-hydrogen) atoms. The van der Waals surface area contributed by atoms with Crippen LogP contribution in [0.15, 0.2) is 91.0 Å². The Hall–Kier alpha value is -0.981. The quantitative estimate of drug-likeness (QED) is 0.178. The van der Waals surface area contributed by atoms with Crippen molar-refractivity contribution >= 4 is 16.4 Å². The minimum absolute atomic E-state index is 0. The van der Waals surface area contributed by atoms with Crippen LogP contribution in [0.2, 0.25) is 0 Å². The number of rotatable bonds is 6. The van der Waals surface area contributed by atoms with Gasteiger partial charge in [0.05, 0.1) is 5.41 Å². The molecule has 3 aromatic rings. The van der Waals surface area contributed by atoms with Crippen LogP contribution < -0.4 is 0 Å². The molecular formula is C28H43BO2PY. The van der Waals surface area contributed by atoms with Crippen LogP contribution in [0.4, 0.5) is 0 Å². The molecule has 0 bridgehead atoms. The van der Waals surface area contributed by atoms with E-state index in [1.165, 1.54) is 7.11 Å². The van der Waals surface area contributed by atoms with Crippen molar-refractivity contribution in [1.29, 1.82) is 0 Å². The van der Waals surface area contributed by atoms with Gasteiger partial charge in [0.15, 0.2) is 8.03 Å². The number of benzene rings is 3. The largest absolute Gasteiger partial charge is 0.334 e. The van der Waals surface area contributed by atoms with Gasteiger partial charge in [0, 0.05) is 54.4 Å². The zero-order valence-corrected chi connectivity index (χ0v) is 24.7. The van der Waals surface area contributed by atoms with Crippen LogP contribution in [0, 0.1) is 0 Å². The first-order chi connectivity index (χ1) is 14.8. The predicted molar refractivity (Wildman–Crippen MR) is 147 cm³/mol. The molecule has 3 aromatic carbocycles. The second kappa shape index (κ2) is 24.2. The summed E-state index contributed by atoms with van der Waals surface area (Å²) in [4.78, 5) is 0. The zero-order valence-electron chi connectivity index (χ0n) is 20.8. The van der Waals surface area contributed by atoms with Gasteiger partial charge in [-0.2, -0.15) is 0 Å². The van der Waals surface area contributed by atoms with E-state index in [-0.39, 0.29) is 48.5 Å². The first-order valence-electron chi connectivity index (χ1n) is 11.0. The third-order valence-electron chi connectivity index (χ3n) is 4.44. The van der Waals surface area contributed by atoms with E-state index in [0.29, 0.717) is 6.16 Å². The Bertz CT molecular complexity index is 703. The summed E-state index contributed by atoms with van der Waals surface area (Å²) in [5.74, 6) is 0. The average Bonchev–Trinajstić information content (AvgIpc) is 2.87. The third-order valence-corrected chi connectivity index (χ3v) is 5.71. The van der Waals surface area contributed by atoms with Crippen molar-refractivity contribution in [2.75, 3.05) is 13.3 Å². The average molecular weight is 542 g/mol. The maximum absolute atomic E-state index is 12.5. The van der Waals surface area contributed by atoms with Crippen LogP contribution in [0.5, 0.6) is 0 Å². The van der Waals surface area contributed by atoms with E-state index in [1.54, 1.807) is 0 Å². The van der Waals surface area contributed by atoms with E-state index >= 15 is 0 Å². The molecule has 4 radical (unpaired) electrons. The molecule has 5 heteroatoms. The third kappa shape index (κ3) is 11.3. The molecule has 1 unspecified atom stereocenters. The SMILES string of the molecule is C.CC.CC.CC.CO[PH](=O)CC(c1ccccc1)(c1ccccc1)c1ccccc1.[B].[Y]. The Labute approximate surface area is 232 Å². The first kappa shape index (κ1) is 39.2. The summed E-state index contributed by atoms with van der Waals surface area (Å²) < 4.78 is 17.7. The Balaban J connectivity index is -0.000000433. The van der Waals surface area contributed by atoms with Crippen LogP contribution in [0.3, 0.4) is 0 Å². The van der Waals surface area contributed by atoms with Gasteiger partial charge in [0.25, 0.3) is 0 Å². The molecule has 0 saturated heterocycles. The molecular weight excluding hydrogens is 499 g/mol. The minimum Gasteiger partial charge on any atom is -0.334 e. The smallest absolute Gasteiger partial charge is 0.192 e. The van der Waals surface area contributed by atoms with Crippen LogP contribution in [0.25, 0.3) is 0 Å². The second-order valence-electron chi connectivity index (χ2n) is 5.76. The van der Waals surface area contributed by atoms with Crippen molar-refractivity contribution < 1.29 is 41.8 Å². The normalized spacial score (nSPS) is 9.79. The van der Waals surface area contributed by atoms with Crippen molar-refractivity contribution in [1.82, 2.24) is 0 Å². The van der Waals surface area contributed by atoms with Gasteiger partial charge in [-0.1, -0.05) is 140 Å². The molecule has 0 fully saturated rings. The van der Waals surface area contributed by atoms with Crippen molar-refractivity contribution in [3.63, 3.8) is 0 Å². The molecule has 0 aliphatic heterocycles. The van der Waals surface area contributed by atoms with Crippen molar-refractivity contribution in [3.05, 3.63) is 108 Å². The zero-order chi connectivity index (χ0) is 22.8. The molecule has 0 aromatic heterocycles. The van der Waals surface area contributed by atoms with Gasteiger partial charge in [-0.15, -0.1) is 0 Å². The van der Waals surface area contributed by atoms with E-state index in [9.17, 15) is 4.57 Å². The number of hydrogen-bond donors (Lipinski definition) is 0. The van der Waals surface area contributed by atoms with E-state index in [0.717, 1.165) is 16.7 Å². The summed E-state index contributed by atoms with van der Waals surface area (Å²) in [5, 5.41) is 0. The Morgan fingerprint density at radius 1 is 0.636 bits per heavy atom. The standard InChI is InChI=1S/C21H21O2P.3C2H6.CH4.B.Y/c1-23-24(22)17-21(18-11-5-2-6-12-18,19-13-7-3-8-14-19)20-15-9-4-10-16-20;3*1-2;;;/h2-16,24H,17H2,1H3;3*1-2H3;1H4;;. The minimum atomic E-state index is -2.18. The van der Waals surface area contributed by atoms with Gasteiger partial charge in [0.2, 0.25) is 0 Å². The van der Waals surface area contributed by atoms with Crippen molar-refractivity contribution in [2.24, 2.45) is 0 Å². The fraction of sp³-hybridized carbons (Fsp3) is 0.357. The van der Waals surface area contributed by atoms with Crippen LogP contribution in [-0.2, 0) is 47.2 Å². The summed E-state index contributed by atoms with van der Waals surface area (Å²) in [7, 11) is -0.656. The molecule has 0 aliphatic rings. The van der Waals surface area contributed by atoms with Crippen LogP contribution in [0.1, 0.15) is 65.7 Å². The van der Waals surface area contributed by atoms with Crippen molar-refractivity contribution in [2.45, 2.75) is 54.4 Å². The summed E-state index contributed by atoms with van der Waals surface area (Å²) in [5.41, 5.74) is 2.88.